The lowest BCUT2D eigenvalue weighted by atomic mass is 10.2. The zero-order chi connectivity index (χ0) is 24.9. The molecule has 0 bridgehead atoms. The highest BCUT2D eigenvalue weighted by Gasteiger charge is 2.29. The van der Waals surface area contributed by atoms with E-state index in [1.807, 2.05) is 37.2 Å². The van der Waals surface area contributed by atoms with E-state index >= 15 is 0 Å². The lowest BCUT2D eigenvalue weighted by Crippen LogP contribution is -2.39. The van der Waals surface area contributed by atoms with Crippen molar-refractivity contribution in [1.29, 1.82) is 0 Å². The van der Waals surface area contributed by atoms with E-state index in [0.717, 1.165) is 20.0 Å². The lowest BCUT2D eigenvalue weighted by Gasteiger charge is -2.24. The first kappa shape index (κ1) is 26.0. The maximum atomic E-state index is 13.3. The topological polar surface area (TPSA) is 82.1 Å². The predicted molar refractivity (Wildman–Crippen MR) is 142 cm³/mol. The fourth-order valence-corrected chi connectivity index (χ4v) is 5.67. The van der Waals surface area contributed by atoms with Crippen molar-refractivity contribution in [2.45, 2.75) is 4.90 Å². The van der Waals surface area contributed by atoms with Crippen molar-refractivity contribution in [2.75, 3.05) is 29.8 Å². The molecule has 11 heteroatoms. The van der Waals surface area contributed by atoms with Gasteiger partial charge in [0, 0.05) is 18.6 Å². The summed E-state index contributed by atoms with van der Waals surface area (Å²) in [7, 11) is -0.265. The van der Waals surface area contributed by atoms with Crippen LogP contribution < -0.4 is 14.6 Å². The molecule has 0 heterocycles. The molecule has 0 spiro atoms. The summed E-state index contributed by atoms with van der Waals surface area (Å²) in [6, 6.07) is 17.9. The Morgan fingerprint density at radius 1 is 1.03 bits per heavy atom. The molecular weight excluding hydrogens is 563 g/mol. The molecule has 0 aromatic heterocycles. The smallest absolute Gasteiger partial charge is 0.264 e. The molecule has 0 aliphatic heterocycles. The highest BCUT2D eigenvalue weighted by molar-refractivity contribution is 9.10. The number of amides is 1. The Bertz CT molecular complexity index is 1320. The van der Waals surface area contributed by atoms with Gasteiger partial charge in [-0.1, -0.05) is 53.5 Å². The van der Waals surface area contributed by atoms with Gasteiger partial charge in [0.2, 0.25) is 0 Å². The molecule has 7 nitrogen and oxygen atoms in total. The van der Waals surface area contributed by atoms with Crippen molar-refractivity contribution in [3.05, 3.63) is 86.8 Å². The van der Waals surface area contributed by atoms with E-state index in [4.69, 9.17) is 23.2 Å². The molecule has 178 valence electrons. The van der Waals surface area contributed by atoms with Gasteiger partial charge < -0.3 is 4.90 Å². The number of rotatable bonds is 8. The second-order valence-electron chi connectivity index (χ2n) is 7.30. The molecule has 0 saturated heterocycles. The van der Waals surface area contributed by atoms with Crippen molar-refractivity contribution >= 4 is 72.7 Å². The fourth-order valence-electron chi connectivity index (χ4n) is 3.02. The van der Waals surface area contributed by atoms with Crippen LogP contribution in [0.4, 0.5) is 11.4 Å². The minimum absolute atomic E-state index is 0.00757. The largest absolute Gasteiger partial charge is 0.377 e. The van der Waals surface area contributed by atoms with Gasteiger partial charge in [-0.25, -0.2) is 13.8 Å². The van der Waals surface area contributed by atoms with E-state index in [-0.39, 0.29) is 20.6 Å². The highest BCUT2D eigenvalue weighted by Crippen LogP contribution is 2.35. The molecule has 3 aromatic rings. The number of benzene rings is 3. The third kappa shape index (κ3) is 6.09. The quantitative estimate of drug-likeness (QED) is 0.293. The molecule has 0 radical (unpaired) electrons. The van der Waals surface area contributed by atoms with Gasteiger partial charge in [-0.2, -0.15) is 5.10 Å². The Hall–Kier alpha value is -2.59. The Morgan fingerprint density at radius 2 is 1.74 bits per heavy atom. The van der Waals surface area contributed by atoms with Gasteiger partial charge in [-0.15, -0.1) is 0 Å². The summed E-state index contributed by atoms with van der Waals surface area (Å²) >= 11 is 15.9. The SMILES string of the molecule is CN(C)c1ccc(/C=N\NC(=O)CN(c2cccc(Cl)c2Cl)S(=O)(=O)c2ccccc2)cc1Br. The molecule has 0 atom stereocenters. The standard InChI is InChI=1S/C23H21BrCl2N4O3S/c1-29(2)20-12-11-16(13-18(20)24)14-27-28-22(31)15-30(21-10-6-9-19(25)23(21)26)34(32,33)17-7-4-3-5-8-17/h3-14H,15H2,1-2H3,(H,28,31)/b27-14-. The summed E-state index contributed by atoms with van der Waals surface area (Å²) in [5.41, 5.74) is 4.18. The van der Waals surface area contributed by atoms with Crippen LogP contribution in [0.3, 0.4) is 0 Å². The number of hydrogen-bond donors (Lipinski definition) is 1. The number of nitrogens with zero attached hydrogens (tertiary/aromatic N) is 3. The Morgan fingerprint density at radius 3 is 2.38 bits per heavy atom. The Kier molecular flexibility index (Phi) is 8.59. The monoisotopic (exact) mass is 582 g/mol. The van der Waals surface area contributed by atoms with Crippen molar-refractivity contribution < 1.29 is 13.2 Å². The number of anilines is 2. The number of halogens is 3. The molecule has 0 fully saturated rings. The summed E-state index contributed by atoms with van der Waals surface area (Å²) in [5.74, 6) is -0.657. The fraction of sp³-hybridized carbons (Fsp3) is 0.130. The average molecular weight is 584 g/mol. The first-order valence-corrected chi connectivity index (χ1v) is 12.9. The number of sulfonamides is 1. The van der Waals surface area contributed by atoms with Gasteiger partial charge in [0.05, 0.1) is 32.5 Å². The molecule has 34 heavy (non-hydrogen) atoms. The van der Waals surface area contributed by atoms with Crippen LogP contribution in [0, 0.1) is 0 Å². The summed E-state index contributed by atoms with van der Waals surface area (Å²) in [6.07, 6.45) is 1.46. The van der Waals surface area contributed by atoms with Gasteiger partial charge in [0.1, 0.15) is 6.54 Å². The average Bonchev–Trinajstić information content (AvgIpc) is 2.80. The van der Waals surface area contributed by atoms with Crippen LogP contribution in [0.5, 0.6) is 0 Å². The van der Waals surface area contributed by atoms with Gasteiger partial charge in [-0.05, 0) is 57.9 Å². The molecule has 0 aliphatic rings. The number of carbonyl (C=O) groups excluding carboxylic acids is 1. The molecule has 0 aliphatic carbocycles. The minimum Gasteiger partial charge on any atom is -0.377 e. The van der Waals surface area contributed by atoms with E-state index < -0.39 is 22.5 Å². The third-order valence-corrected chi connectivity index (χ3v) is 7.89. The zero-order valence-corrected chi connectivity index (χ0v) is 22.2. The van der Waals surface area contributed by atoms with Gasteiger partial charge in [0.15, 0.2) is 0 Å². The van der Waals surface area contributed by atoms with E-state index in [1.165, 1.54) is 30.5 Å². The van der Waals surface area contributed by atoms with Gasteiger partial charge in [-0.3, -0.25) is 9.10 Å². The predicted octanol–water partition coefficient (Wildman–Crippen LogP) is 5.17. The molecule has 1 N–H and O–H groups in total. The van der Waals surface area contributed by atoms with Crippen molar-refractivity contribution in [3.63, 3.8) is 0 Å². The van der Waals surface area contributed by atoms with Crippen LogP contribution in [0.2, 0.25) is 10.0 Å². The van der Waals surface area contributed by atoms with Crippen LogP contribution in [0.25, 0.3) is 0 Å². The van der Waals surface area contributed by atoms with E-state index in [2.05, 4.69) is 26.5 Å². The molecule has 0 unspecified atom stereocenters. The normalized spacial score (nSPS) is 11.4. The second kappa shape index (κ2) is 11.2. The number of hydrogen-bond acceptors (Lipinski definition) is 5. The number of carbonyl (C=O) groups is 1. The molecule has 0 saturated carbocycles. The van der Waals surface area contributed by atoms with E-state index in [9.17, 15) is 13.2 Å². The maximum Gasteiger partial charge on any atom is 0.264 e. The molecule has 1 amide bonds. The third-order valence-electron chi connectivity index (χ3n) is 4.67. The minimum atomic E-state index is -4.12. The Balaban J connectivity index is 1.84. The lowest BCUT2D eigenvalue weighted by molar-refractivity contribution is -0.119. The second-order valence-corrected chi connectivity index (χ2v) is 10.8. The van der Waals surface area contributed by atoms with E-state index in [0.29, 0.717) is 0 Å². The molecule has 3 aromatic carbocycles. The number of nitrogens with one attached hydrogen (secondary N) is 1. The van der Waals surface area contributed by atoms with Crippen molar-refractivity contribution in [1.82, 2.24) is 5.43 Å². The maximum absolute atomic E-state index is 13.3. The summed E-state index contributed by atoms with van der Waals surface area (Å²) in [4.78, 5) is 14.6. The van der Waals surface area contributed by atoms with Gasteiger partial charge in [0.25, 0.3) is 15.9 Å². The van der Waals surface area contributed by atoms with Gasteiger partial charge >= 0.3 is 0 Å². The summed E-state index contributed by atoms with van der Waals surface area (Å²) in [5, 5.41) is 4.14. The zero-order valence-electron chi connectivity index (χ0n) is 18.2. The van der Waals surface area contributed by atoms with Crippen molar-refractivity contribution in [2.24, 2.45) is 5.10 Å². The van der Waals surface area contributed by atoms with E-state index in [1.54, 1.807) is 24.3 Å². The van der Waals surface area contributed by atoms with Crippen LogP contribution in [-0.4, -0.2) is 41.2 Å². The van der Waals surface area contributed by atoms with Crippen LogP contribution in [0.1, 0.15) is 5.56 Å². The first-order valence-electron chi connectivity index (χ1n) is 9.92. The molecular formula is C23H21BrCl2N4O3S. The van der Waals surface area contributed by atoms with Crippen LogP contribution in [0.15, 0.2) is 81.2 Å². The highest BCUT2D eigenvalue weighted by atomic mass is 79.9. The van der Waals surface area contributed by atoms with Crippen LogP contribution in [-0.2, 0) is 14.8 Å². The van der Waals surface area contributed by atoms with Crippen molar-refractivity contribution in [3.8, 4) is 0 Å². The summed E-state index contributed by atoms with van der Waals surface area (Å²) < 4.78 is 28.5. The molecule has 3 rings (SSSR count). The first-order chi connectivity index (χ1) is 16.1. The number of hydrazone groups is 1. The van der Waals surface area contributed by atoms with Crippen LogP contribution >= 0.6 is 39.1 Å². The Labute approximate surface area is 217 Å². The summed E-state index contributed by atoms with van der Waals surface area (Å²) in [6.45, 7) is -0.558.